The molecule has 0 bridgehead atoms. The smallest absolute Gasteiger partial charge is 0.227 e. The normalized spacial score (nSPS) is 12.6. The zero-order chi connectivity index (χ0) is 13.7. The molecular formula is C15H22ClNO. The predicted molar refractivity (Wildman–Crippen MR) is 78.2 cm³/mol. The Balaban J connectivity index is 2.74. The van der Waals surface area contributed by atoms with Gasteiger partial charge in [0.25, 0.3) is 0 Å². The van der Waals surface area contributed by atoms with Gasteiger partial charge in [0.15, 0.2) is 0 Å². The summed E-state index contributed by atoms with van der Waals surface area (Å²) in [6, 6.07) is 5.72. The van der Waals surface area contributed by atoms with E-state index in [9.17, 15) is 4.79 Å². The van der Waals surface area contributed by atoms with E-state index in [1.54, 1.807) is 0 Å². The molecule has 2 nitrogen and oxygen atoms in total. The Morgan fingerprint density at radius 1 is 1.33 bits per heavy atom. The molecule has 18 heavy (non-hydrogen) atoms. The van der Waals surface area contributed by atoms with Crippen LogP contribution in [0, 0.1) is 5.92 Å². The monoisotopic (exact) mass is 267 g/mol. The van der Waals surface area contributed by atoms with E-state index in [2.05, 4.69) is 26.1 Å². The van der Waals surface area contributed by atoms with Crippen LogP contribution in [-0.4, -0.2) is 5.91 Å². The van der Waals surface area contributed by atoms with Crippen molar-refractivity contribution in [1.82, 2.24) is 0 Å². The van der Waals surface area contributed by atoms with Gasteiger partial charge in [0.1, 0.15) is 0 Å². The number of carbonyl (C=O) groups is 1. The van der Waals surface area contributed by atoms with E-state index in [1.165, 1.54) is 0 Å². The molecule has 1 unspecified atom stereocenters. The van der Waals surface area contributed by atoms with E-state index in [1.807, 2.05) is 25.1 Å². The summed E-state index contributed by atoms with van der Waals surface area (Å²) < 4.78 is 0. The molecular weight excluding hydrogens is 246 g/mol. The Hall–Kier alpha value is -1.02. The van der Waals surface area contributed by atoms with E-state index in [4.69, 9.17) is 11.6 Å². The molecule has 0 spiro atoms. The van der Waals surface area contributed by atoms with Gasteiger partial charge >= 0.3 is 0 Å². The summed E-state index contributed by atoms with van der Waals surface area (Å²) in [7, 11) is 0. The highest BCUT2D eigenvalue weighted by atomic mass is 35.5. The van der Waals surface area contributed by atoms with E-state index in [-0.39, 0.29) is 11.8 Å². The number of nitrogens with one attached hydrogen (secondary N) is 1. The Kier molecular flexibility index (Phi) is 5.67. The topological polar surface area (TPSA) is 29.1 Å². The molecule has 0 aliphatic rings. The van der Waals surface area contributed by atoms with Gasteiger partial charge in [0, 0.05) is 16.6 Å². The molecule has 1 rings (SSSR count). The van der Waals surface area contributed by atoms with Crippen LogP contribution in [0.15, 0.2) is 18.2 Å². The number of hydrogen-bond donors (Lipinski definition) is 1. The molecule has 0 fully saturated rings. The number of anilines is 1. The van der Waals surface area contributed by atoms with Gasteiger partial charge in [-0.05, 0) is 30.0 Å². The predicted octanol–water partition coefficient (Wildman–Crippen LogP) is 4.84. The number of benzene rings is 1. The largest absolute Gasteiger partial charge is 0.326 e. The molecule has 0 aliphatic heterocycles. The lowest BCUT2D eigenvalue weighted by Gasteiger charge is -2.13. The molecule has 100 valence electrons. The van der Waals surface area contributed by atoms with Crippen LogP contribution in [0.3, 0.4) is 0 Å². The standard InChI is InChI=1S/C15H22ClNO/c1-5-6-11(4)15(18)17-12-7-8-13(10(2)3)14(16)9-12/h7-11H,5-6H2,1-4H3,(H,17,18). The lowest BCUT2D eigenvalue weighted by molar-refractivity contribution is -0.119. The summed E-state index contributed by atoms with van der Waals surface area (Å²) in [5.41, 5.74) is 1.88. The first-order valence-corrected chi connectivity index (χ1v) is 6.93. The average Bonchev–Trinajstić information content (AvgIpc) is 2.28. The number of hydrogen-bond acceptors (Lipinski definition) is 1. The van der Waals surface area contributed by atoms with Gasteiger partial charge in [-0.3, -0.25) is 4.79 Å². The van der Waals surface area contributed by atoms with Gasteiger partial charge in [-0.15, -0.1) is 0 Å². The van der Waals surface area contributed by atoms with Gasteiger partial charge in [-0.25, -0.2) is 0 Å². The van der Waals surface area contributed by atoms with Gasteiger partial charge in [0.05, 0.1) is 0 Å². The minimum atomic E-state index is 0.0403. The molecule has 1 aromatic rings. The summed E-state index contributed by atoms with van der Waals surface area (Å²) in [6.45, 7) is 8.23. The summed E-state index contributed by atoms with van der Waals surface area (Å²) >= 11 is 6.20. The summed E-state index contributed by atoms with van der Waals surface area (Å²) in [5, 5.41) is 3.62. The minimum Gasteiger partial charge on any atom is -0.326 e. The molecule has 0 saturated carbocycles. The number of carbonyl (C=O) groups excluding carboxylic acids is 1. The summed E-state index contributed by atoms with van der Waals surface area (Å²) in [6.07, 6.45) is 1.92. The first kappa shape index (κ1) is 15.0. The second-order valence-electron chi connectivity index (χ2n) is 5.07. The lowest BCUT2D eigenvalue weighted by Crippen LogP contribution is -2.20. The fraction of sp³-hybridized carbons (Fsp3) is 0.533. The van der Waals surface area contributed by atoms with E-state index in [0.717, 1.165) is 24.1 Å². The molecule has 1 atom stereocenters. The molecule has 1 N–H and O–H groups in total. The number of halogens is 1. The highest BCUT2D eigenvalue weighted by Crippen LogP contribution is 2.27. The maximum absolute atomic E-state index is 11.9. The first-order chi connectivity index (χ1) is 8.45. The highest BCUT2D eigenvalue weighted by molar-refractivity contribution is 6.31. The molecule has 0 aromatic heterocycles. The average molecular weight is 268 g/mol. The van der Waals surface area contributed by atoms with Crippen LogP contribution < -0.4 is 5.32 Å². The fourth-order valence-corrected chi connectivity index (χ4v) is 2.30. The molecule has 1 amide bonds. The number of amides is 1. The molecule has 0 saturated heterocycles. The number of rotatable bonds is 5. The van der Waals surface area contributed by atoms with Crippen LogP contribution in [0.2, 0.25) is 5.02 Å². The molecule has 3 heteroatoms. The van der Waals surface area contributed by atoms with Crippen molar-refractivity contribution in [2.75, 3.05) is 5.32 Å². The van der Waals surface area contributed by atoms with Crippen LogP contribution in [-0.2, 0) is 4.79 Å². The molecule has 0 aliphatic carbocycles. The third-order valence-corrected chi connectivity index (χ3v) is 3.39. The molecule has 1 aromatic carbocycles. The third-order valence-electron chi connectivity index (χ3n) is 3.06. The van der Waals surface area contributed by atoms with Crippen LogP contribution in [0.4, 0.5) is 5.69 Å². The lowest BCUT2D eigenvalue weighted by atomic mass is 10.0. The maximum Gasteiger partial charge on any atom is 0.227 e. The van der Waals surface area contributed by atoms with Gasteiger partial charge in [-0.1, -0.05) is 51.8 Å². The zero-order valence-corrected chi connectivity index (χ0v) is 12.3. The second kappa shape index (κ2) is 6.79. The van der Waals surface area contributed by atoms with Gasteiger partial charge < -0.3 is 5.32 Å². The van der Waals surface area contributed by atoms with Crippen molar-refractivity contribution in [2.24, 2.45) is 5.92 Å². The summed E-state index contributed by atoms with van der Waals surface area (Å²) in [5.74, 6) is 0.491. The quantitative estimate of drug-likeness (QED) is 0.813. The van der Waals surface area contributed by atoms with Crippen molar-refractivity contribution >= 4 is 23.2 Å². The Labute approximate surface area is 115 Å². The Bertz CT molecular complexity index is 415. The zero-order valence-electron chi connectivity index (χ0n) is 11.6. The van der Waals surface area contributed by atoms with Crippen molar-refractivity contribution in [1.29, 1.82) is 0 Å². The van der Waals surface area contributed by atoms with E-state index in [0.29, 0.717) is 10.9 Å². The van der Waals surface area contributed by atoms with E-state index >= 15 is 0 Å². The maximum atomic E-state index is 11.9. The Morgan fingerprint density at radius 3 is 2.50 bits per heavy atom. The fourth-order valence-electron chi connectivity index (χ4n) is 1.90. The van der Waals surface area contributed by atoms with Crippen molar-refractivity contribution in [3.05, 3.63) is 28.8 Å². The molecule has 0 heterocycles. The van der Waals surface area contributed by atoms with Crippen LogP contribution in [0.1, 0.15) is 52.0 Å². The minimum absolute atomic E-state index is 0.0403. The van der Waals surface area contributed by atoms with Crippen LogP contribution >= 0.6 is 11.6 Å². The van der Waals surface area contributed by atoms with Crippen molar-refractivity contribution < 1.29 is 4.79 Å². The SMILES string of the molecule is CCCC(C)C(=O)Nc1ccc(C(C)C)c(Cl)c1. The third kappa shape index (κ3) is 4.02. The first-order valence-electron chi connectivity index (χ1n) is 6.56. The summed E-state index contributed by atoms with van der Waals surface area (Å²) in [4.78, 5) is 11.9. The Morgan fingerprint density at radius 2 is 2.00 bits per heavy atom. The van der Waals surface area contributed by atoms with Crippen LogP contribution in [0.5, 0.6) is 0 Å². The van der Waals surface area contributed by atoms with Crippen molar-refractivity contribution in [2.45, 2.75) is 46.5 Å². The van der Waals surface area contributed by atoms with Crippen LogP contribution in [0.25, 0.3) is 0 Å². The van der Waals surface area contributed by atoms with Crippen molar-refractivity contribution in [3.63, 3.8) is 0 Å². The highest BCUT2D eigenvalue weighted by Gasteiger charge is 2.13. The van der Waals surface area contributed by atoms with E-state index < -0.39 is 0 Å². The second-order valence-corrected chi connectivity index (χ2v) is 5.48. The van der Waals surface area contributed by atoms with Gasteiger partial charge in [0.2, 0.25) is 5.91 Å². The molecule has 0 radical (unpaired) electrons. The van der Waals surface area contributed by atoms with Crippen molar-refractivity contribution in [3.8, 4) is 0 Å². The van der Waals surface area contributed by atoms with Gasteiger partial charge in [-0.2, -0.15) is 0 Å².